The molecule has 1 rings (SSSR count). The van der Waals surface area contributed by atoms with Gasteiger partial charge in [-0.15, -0.1) is 0 Å². The quantitative estimate of drug-likeness (QED) is 0.463. The minimum atomic E-state index is -0.479. The smallest absolute Gasteiger partial charge is 0.796 e. The van der Waals surface area contributed by atoms with Gasteiger partial charge < -0.3 is 22.3 Å². The second kappa shape index (κ2) is 10.4. The average Bonchev–Trinajstić information content (AvgIpc) is 2.30. The maximum Gasteiger partial charge on any atom is 1.00 e. The molecular formula is C12H22NNaO3S2. The number of amides is 1. The van der Waals surface area contributed by atoms with Crippen LogP contribution in [0.1, 0.15) is 27.2 Å². The molecule has 1 amide bonds. The van der Waals surface area contributed by atoms with E-state index in [1.165, 1.54) is 11.8 Å². The summed E-state index contributed by atoms with van der Waals surface area (Å²) in [5.41, 5.74) is -0.479. The first kappa shape index (κ1) is 21.9. The van der Waals surface area contributed by atoms with Gasteiger partial charge in [-0.3, -0.25) is 4.79 Å². The number of carbonyl (C=O) groups is 2. The predicted octanol–water partition coefficient (Wildman–Crippen LogP) is -0.905. The van der Waals surface area contributed by atoms with Gasteiger partial charge in [-0.05, 0) is 27.0 Å². The molecule has 0 aromatic heterocycles. The van der Waals surface area contributed by atoms with E-state index in [2.05, 4.69) is 12.6 Å². The first-order valence-corrected chi connectivity index (χ1v) is 7.88. The Bertz CT molecular complexity index is 295. The topological polar surface area (TPSA) is 46.6 Å². The minimum Gasteiger partial charge on any atom is -0.796 e. The third-order valence-corrected chi connectivity index (χ3v) is 3.29. The SMILES string of the molecule is CSC1CN(C(=O)OC(C)(C)C)CCC1=O.C[S-].[Na+]. The molecule has 19 heavy (non-hydrogen) atoms. The summed E-state index contributed by atoms with van der Waals surface area (Å²) in [6.07, 6.45) is 3.59. The van der Waals surface area contributed by atoms with Crippen LogP contribution < -0.4 is 29.6 Å². The monoisotopic (exact) mass is 315 g/mol. The molecule has 1 heterocycles. The number of hydrogen-bond acceptors (Lipinski definition) is 5. The van der Waals surface area contributed by atoms with Crippen LogP contribution in [0.2, 0.25) is 0 Å². The minimum absolute atomic E-state index is 0. The van der Waals surface area contributed by atoms with Crippen LogP contribution >= 0.6 is 11.8 Å². The van der Waals surface area contributed by atoms with E-state index in [-0.39, 0.29) is 46.7 Å². The van der Waals surface area contributed by atoms with Crippen molar-refractivity contribution in [3.05, 3.63) is 0 Å². The number of rotatable bonds is 1. The molecule has 0 radical (unpaired) electrons. The van der Waals surface area contributed by atoms with E-state index in [1.807, 2.05) is 27.0 Å². The van der Waals surface area contributed by atoms with Crippen molar-refractivity contribution in [1.82, 2.24) is 4.90 Å². The number of ketones is 1. The van der Waals surface area contributed by atoms with Gasteiger partial charge in [-0.1, -0.05) is 0 Å². The zero-order valence-corrected chi connectivity index (χ0v) is 16.3. The zero-order valence-electron chi connectivity index (χ0n) is 12.7. The summed E-state index contributed by atoms with van der Waals surface area (Å²) in [7, 11) is 0. The first-order valence-electron chi connectivity index (χ1n) is 5.78. The van der Waals surface area contributed by atoms with E-state index >= 15 is 0 Å². The van der Waals surface area contributed by atoms with Crippen LogP contribution in [0.3, 0.4) is 0 Å². The summed E-state index contributed by atoms with van der Waals surface area (Å²) in [5, 5.41) is -0.0960. The van der Waals surface area contributed by atoms with Crippen molar-refractivity contribution in [2.24, 2.45) is 0 Å². The second-order valence-corrected chi connectivity index (χ2v) is 5.91. The van der Waals surface area contributed by atoms with Crippen LogP contribution in [-0.2, 0) is 22.2 Å². The average molecular weight is 315 g/mol. The number of Topliss-reactive ketones (excluding diaryl/α,β-unsaturated/α-hetero) is 1. The number of thioether (sulfide) groups is 1. The molecule has 0 bridgehead atoms. The fourth-order valence-corrected chi connectivity index (χ4v) is 2.21. The first-order chi connectivity index (χ1) is 8.33. The summed E-state index contributed by atoms with van der Waals surface area (Å²) < 4.78 is 5.27. The van der Waals surface area contributed by atoms with Gasteiger partial charge in [0.05, 0.1) is 5.25 Å². The van der Waals surface area contributed by atoms with Crippen LogP contribution in [0.5, 0.6) is 0 Å². The standard InChI is InChI=1S/C11H19NO3S.CH4S.Na/c1-11(2,3)15-10(14)12-6-5-8(13)9(7-12)16-4;1-2;/h9H,5-7H2,1-4H3;2H,1H3;/q;;+1/p-1. The van der Waals surface area contributed by atoms with E-state index < -0.39 is 5.60 Å². The van der Waals surface area contributed by atoms with Crippen molar-refractivity contribution in [2.75, 3.05) is 25.6 Å². The summed E-state index contributed by atoms with van der Waals surface area (Å²) in [6, 6.07) is 0. The molecule has 1 unspecified atom stereocenters. The Balaban J connectivity index is 0. The van der Waals surface area contributed by atoms with Crippen LogP contribution in [0, 0.1) is 0 Å². The Morgan fingerprint density at radius 3 is 2.37 bits per heavy atom. The van der Waals surface area contributed by atoms with E-state index in [0.29, 0.717) is 19.5 Å². The third-order valence-electron chi connectivity index (χ3n) is 2.31. The van der Waals surface area contributed by atoms with E-state index in [1.54, 1.807) is 11.2 Å². The molecule has 0 spiro atoms. The predicted molar refractivity (Wildman–Crippen MR) is 78.0 cm³/mol. The maximum atomic E-state index is 11.8. The van der Waals surface area contributed by atoms with E-state index in [9.17, 15) is 9.59 Å². The summed E-state index contributed by atoms with van der Waals surface area (Å²) in [4.78, 5) is 24.9. The zero-order chi connectivity index (χ0) is 14.3. The van der Waals surface area contributed by atoms with Gasteiger partial charge in [0.15, 0.2) is 0 Å². The summed E-state index contributed by atoms with van der Waals surface area (Å²) >= 11 is 5.58. The number of likely N-dealkylation sites (tertiary alicyclic amines) is 1. The number of hydrogen-bond donors (Lipinski definition) is 0. The molecule has 1 atom stereocenters. The van der Waals surface area contributed by atoms with Crippen molar-refractivity contribution in [3.63, 3.8) is 0 Å². The third kappa shape index (κ3) is 8.50. The molecule has 0 aliphatic carbocycles. The fourth-order valence-electron chi connectivity index (χ4n) is 1.50. The second-order valence-electron chi connectivity index (χ2n) is 4.87. The van der Waals surface area contributed by atoms with Gasteiger partial charge in [0, 0.05) is 19.5 Å². The Kier molecular flexibility index (Phi) is 12.0. The molecule has 1 aliphatic heterocycles. The van der Waals surface area contributed by atoms with Crippen molar-refractivity contribution in [1.29, 1.82) is 0 Å². The van der Waals surface area contributed by atoms with Crippen molar-refractivity contribution < 1.29 is 43.9 Å². The van der Waals surface area contributed by atoms with Gasteiger partial charge in [0.2, 0.25) is 0 Å². The number of ether oxygens (including phenoxy) is 1. The number of nitrogens with zero attached hydrogens (tertiary/aromatic N) is 1. The molecule has 1 fully saturated rings. The van der Waals surface area contributed by atoms with Crippen molar-refractivity contribution in [2.45, 2.75) is 38.0 Å². The summed E-state index contributed by atoms with van der Waals surface area (Å²) in [6.45, 7) is 6.46. The summed E-state index contributed by atoms with van der Waals surface area (Å²) in [5.74, 6) is 0.229. The van der Waals surface area contributed by atoms with E-state index in [4.69, 9.17) is 4.74 Å². The Morgan fingerprint density at radius 2 is 1.95 bits per heavy atom. The van der Waals surface area contributed by atoms with Gasteiger partial charge >= 0.3 is 35.7 Å². The van der Waals surface area contributed by atoms with Gasteiger partial charge in [-0.2, -0.15) is 18.0 Å². The number of piperidine rings is 1. The normalized spacial score (nSPS) is 18.9. The van der Waals surface area contributed by atoms with Gasteiger partial charge in [-0.25, -0.2) is 4.79 Å². The molecule has 0 aromatic carbocycles. The molecule has 1 saturated heterocycles. The fraction of sp³-hybridized carbons (Fsp3) is 0.833. The Hall–Kier alpha value is 0.640. The van der Waals surface area contributed by atoms with Crippen LogP contribution in [0.4, 0.5) is 4.79 Å². The van der Waals surface area contributed by atoms with Crippen LogP contribution in [0.15, 0.2) is 0 Å². The molecule has 4 nitrogen and oxygen atoms in total. The van der Waals surface area contributed by atoms with Gasteiger partial charge in [0.1, 0.15) is 11.4 Å². The number of carbonyl (C=O) groups excluding carboxylic acids is 2. The molecule has 106 valence electrons. The van der Waals surface area contributed by atoms with Gasteiger partial charge in [0.25, 0.3) is 0 Å². The molecule has 7 heteroatoms. The molecule has 0 aromatic rings. The molecular weight excluding hydrogens is 293 g/mol. The Morgan fingerprint density at radius 1 is 1.42 bits per heavy atom. The molecule has 0 saturated carbocycles. The van der Waals surface area contributed by atoms with Crippen molar-refractivity contribution in [3.8, 4) is 0 Å². The Labute approximate surface area is 148 Å². The molecule has 1 aliphatic rings. The van der Waals surface area contributed by atoms with Crippen LogP contribution in [-0.4, -0.2) is 53.2 Å². The molecule has 0 N–H and O–H groups in total. The van der Waals surface area contributed by atoms with Crippen molar-refractivity contribution >= 4 is 36.3 Å². The van der Waals surface area contributed by atoms with E-state index in [0.717, 1.165) is 0 Å². The van der Waals surface area contributed by atoms with Crippen LogP contribution in [0.25, 0.3) is 0 Å². The maximum absolute atomic E-state index is 11.8. The largest absolute Gasteiger partial charge is 1.00 e.